The lowest BCUT2D eigenvalue weighted by Crippen LogP contribution is -1.96. The number of alkyl halides is 1. The third-order valence-corrected chi connectivity index (χ3v) is 3.23. The van der Waals surface area contributed by atoms with Gasteiger partial charge >= 0.3 is 5.69 Å². The SMILES string of the molecule is Cc1ccc(Oc2ccc(CCl)cc2[N+](=O)[O-])c(C)c1. The van der Waals surface area contributed by atoms with Crippen LogP contribution in [0.25, 0.3) is 0 Å². The molecule has 0 saturated heterocycles. The second kappa shape index (κ2) is 5.92. The molecule has 0 unspecified atom stereocenters. The van der Waals surface area contributed by atoms with E-state index in [1.165, 1.54) is 6.07 Å². The average Bonchev–Trinajstić information content (AvgIpc) is 2.42. The number of hydrogen-bond donors (Lipinski definition) is 0. The smallest absolute Gasteiger partial charge is 0.311 e. The molecular weight excluding hydrogens is 278 g/mol. The largest absolute Gasteiger partial charge is 0.450 e. The van der Waals surface area contributed by atoms with Crippen LogP contribution in [0.2, 0.25) is 0 Å². The quantitative estimate of drug-likeness (QED) is 0.464. The zero-order valence-corrected chi connectivity index (χ0v) is 12.0. The highest BCUT2D eigenvalue weighted by molar-refractivity contribution is 6.17. The Morgan fingerprint density at radius 3 is 2.45 bits per heavy atom. The topological polar surface area (TPSA) is 52.4 Å². The predicted molar refractivity (Wildman–Crippen MR) is 78.6 cm³/mol. The van der Waals surface area contributed by atoms with Gasteiger partial charge in [-0.3, -0.25) is 10.1 Å². The van der Waals surface area contributed by atoms with Crippen molar-refractivity contribution in [2.45, 2.75) is 19.7 Å². The van der Waals surface area contributed by atoms with Crippen molar-refractivity contribution in [2.75, 3.05) is 0 Å². The first-order valence-corrected chi connectivity index (χ1v) is 6.63. The molecule has 0 aliphatic heterocycles. The third-order valence-electron chi connectivity index (χ3n) is 2.92. The van der Waals surface area contributed by atoms with Crippen LogP contribution >= 0.6 is 11.6 Å². The van der Waals surface area contributed by atoms with Crippen molar-refractivity contribution in [2.24, 2.45) is 0 Å². The van der Waals surface area contributed by atoms with E-state index in [0.717, 1.165) is 11.1 Å². The Labute approximate surface area is 122 Å². The molecule has 0 bridgehead atoms. The summed E-state index contributed by atoms with van der Waals surface area (Å²) in [5.74, 6) is 1.05. The van der Waals surface area contributed by atoms with Gasteiger partial charge in [0, 0.05) is 11.9 Å². The van der Waals surface area contributed by atoms with E-state index >= 15 is 0 Å². The molecule has 0 amide bonds. The van der Waals surface area contributed by atoms with Crippen molar-refractivity contribution in [3.8, 4) is 11.5 Å². The first-order valence-electron chi connectivity index (χ1n) is 6.09. The summed E-state index contributed by atoms with van der Waals surface area (Å²) in [5, 5.41) is 11.1. The fraction of sp³-hybridized carbons (Fsp3) is 0.200. The maximum absolute atomic E-state index is 11.1. The highest BCUT2D eigenvalue weighted by atomic mass is 35.5. The molecule has 0 spiro atoms. The van der Waals surface area contributed by atoms with Crippen molar-refractivity contribution < 1.29 is 9.66 Å². The van der Waals surface area contributed by atoms with Crippen molar-refractivity contribution in [3.63, 3.8) is 0 Å². The minimum atomic E-state index is -0.463. The first kappa shape index (κ1) is 14.3. The molecule has 2 aromatic carbocycles. The molecule has 104 valence electrons. The molecule has 20 heavy (non-hydrogen) atoms. The average molecular weight is 292 g/mol. The highest BCUT2D eigenvalue weighted by Gasteiger charge is 2.17. The van der Waals surface area contributed by atoms with Gasteiger partial charge in [-0.05, 0) is 37.1 Å². The summed E-state index contributed by atoms with van der Waals surface area (Å²) in [5.41, 5.74) is 2.65. The zero-order chi connectivity index (χ0) is 14.7. The van der Waals surface area contributed by atoms with Crippen molar-refractivity contribution in [3.05, 3.63) is 63.2 Å². The fourth-order valence-electron chi connectivity index (χ4n) is 1.91. The van der Waals surface area contributed by atoms with Gasteiger partial charge in [0.25, 0.3) is 0 Å². The van der Waals surface area contributed by atoms with E-state index in [2.05, 4.69) is 0 Å². The van der Waals surface area contributed by atoms with Crippen LogP contribution < -0.4 is 4.74 Å². The number of benzene rings is 2. The number of nitro groups is 1. The minimum Gasteiger partial charge on any atom is -0.450 e. The molecule has 2 rings (SSSR count). The lowest BCUT2D eigenvalue weighted by molar-refractivity contribution is -0.385. The predicted octanol–water partition coefficient (Wildman–Crippen LogP) is 4.74. The van der Waals surface area contributed by atoms with Gasteiger partial charge in [-0.2, -0.15) is 0 Å². The summed E-state index contributed by atoms with van der Waals surface area (Å²) in [6.45, 7) is 3.88. The standard InChI is InChI=1S/C15H14ClNO3/c1-10-3-5-14(11(2)7-10)20-15-6-4-12(9-16)8-13(15)17(18)19/h3-8H,9H2,1-2H3. The summed E-state index contributed by atoms with van der Waals surface area (Å²) >= 11 is 5.70. The molecule has 0 aliphatic rings. The van der Waals surface area contributed by atoms with Gasteiger partial charge in [-0.15, -0.1) is 11.6 Å². The van der Waals surface area contributed by atoms with E-state index in [-0.39, 0.29) is 17.3 Å². The Kier molecular flexibility index (Phi) is 4.25. The Balaban J connectivity index is 2.40. The monoisotopic (exact) mass is 291 g/mol. The van der Waals surface area contributed by atoms with Gasteiger partial charge in [0.2, 0.25) is 5.75 Å². The number of hydrogen-bond acceptors (Lipinski definition) is 3. The molecule has 0 heterocycles. The molecule has 0 aliphatic carbocycles. The van der Waals surface area contributed by atoms with E-state index in [0.29, 0.717) is 11.3 Å². The maximum atomic E-state index is 11.1. The lowest BCUT2D eigenvalue weighted by atomic mass is 10.1. The maximum Gasteiger partial charge on any atom is 0.311 e. The number of ether oxygens (including phenoxy) is 1. The fourth-order valence-corrected chi connectivity index (χ4v) is 2.07. The minimum absolute atomic E-state index is 0.0804. The molecule has 0 radical (unpaired) electrons. The molecular formula is C15H14ClNO3. The molecule has 5 heteroatoms. The summed E-state index contributed by atoms with van der Waals surface area (Å²) in [6.07, 6.45) is 0. The first-order chi connectivity index (χ1) is 9.51. The summed E-state index contributed by atoms with van der Waals surface area (Å²) in [7, 11) is 0. The molecule has 4 nitrogen and oxygen atoms in total. The lowest BCUT2D eigenvalue weighted by Gasteiger charge is -2.10. The van der Waals surface area contributed by atoms with Gasteiger partial charge in [0.1, 0.15) is 5.75 Å². The third kappa shape index (κ3) is 3.08. The molecule has 0 N–H and O–H groups in total. The number of aryl methyl sites for hydroxylation is 2. The Morgan fingerprint density at radius 2 is 1.85 bits per heavy atom. The van der Waals surface area contributed by atoms with Crippen LogP contribution in [0.1, 0.15) is 16.7 Å². The second-order valence-corrected chi connectivity index (χ2v) is 4.83. The summed E-state index contributed by atoms with van der Waals surface area (Å²) in [6, 6.07) is 10.4. The van der Waals surface area contributed by atoms with E-state index < -0.39 is 4.92 Å². The van der Waals surface area contributed by atoms with Crippen LogP contribution in [0, 0.1) is 24.0 Å². The van der Waals surface area contributed by atoms with Crippen LogP contribution in [0.5, 0.6) is 11.5 Å². The van der Waals surface area contributed by atoms with E-state index in [1.807, 2.05) is 32.0 Å². The van der Waals surface area contributed by atoms with Crippen LogP contribution in [-0.4, -0.2) is 4.92 Å². The zero-order valence-electron chi connectivity index (χ0n) is 11.2. The second-order valence-electron chi connectivity index (χ2n) is 4.56. The molecule has 0 aromatic heterocycles. The van der Waals surface area contributed by atoms with Crippen molar-refractivity contribution >= 4 is 17.3 Å². The van der Waals surface area contributed by atoms with Gasteiger partial charge in [0.05, 0.1) is 4.92 Å². The van der Waals surface area contributed by atoms with Gasteiger partial charge in [0.15, 0.2) is 0 Å². The van der Waals surface area contributed by atoms with E-state index in [4.69, 9.17) is 16.3 Å². The number of halogens is 1. The Morgan fingerprint density at radius 1 is 1.15 bits per heavy atom. The van der Waals surface area contributed by atoms with Crippen LogP contribution in [0.15, 0.2) is 36.4 Å². The van der Waals surface area contributed by atoms with Crippen LogP contribution in [0.3, 0.4) is 0 Å². The summed E-state index contributed by atoms with van der Waals surface area (Å²) < 4.78 is 5.67. The van der Waals surface area contributed by atoms with Crippen LogP contribution in [-0.2, 0) is 5.88 Å². The van der Waals surface area contributed by atoms with E-state index in [1.54, 1.807) is 12.1 Å². The molecule has 0 atom stereocenters. The van der Waals surface area contributed by atoms with E-state index in [9.17, 15) is 10.1 Å². The number of nitro benzene ring substituents is 1. The molecule has 2 aromatic rings. The Hall–Kier alpha value is -2.07. The Bertz CT molecular complexity index is 656. The number of rotatable bonds is 4. The van der Waals surface area contributed by atoms with Gasteiger partial charge < -0.3 is 4.74 Å². The molecule has 0 fully saturated rings. The van der Waals surface area contributed by atoms with Crippen molar-refractivity contribution in [1.82, 2.24) is 0 Å². The number of nitrogens with zero attached hydrogens (tertiary/aromatic N) is 1. The van der Waals surface area contributed by atoms with Crippen molar-refractivity contribution in [1.29, 1.82) is 0 Å². The summed E-state index contributed by atoms with van der Waals surface area (Å²) in [4.78, 5) is 10.6. The van der Waals surface area contributed by atoms with Crippen LogP contribution in [0.4, 0.5) is 5.69 Å². The normalized spacial score (nSPS) is 10.3. The highest BCUT2D eigenvalue weighted by Crippen LogP contribution is 2.34. The van der Waals surface area contributed by atoms with Gasteiger partial charge in [-0.25, -0.2) is 0 Å². The van der Waals surface area contributed by atoms with Gasteiger partial charge in [-0.1, -0.05) is 23.8 Å². The molecule has 0 saturated carbocycles.